The minimum Gasteiger partial charge on any atom is -0.481 e. The fourth-order valence-corrected chi connectivity index (χ4v) is 1.64. The van der Waals surface area contributed by atoms with Crippen LogP contribution in [-0.4, -0.2) is 23.7 Å². The van der Waals surface area contributed by atoms with Crippen molar-refractivity contribution in [1.82, 2.24) is 0 Å². The van der Waals surface area contributed by atoms with Crippen molar-refractivity contribution in [3.8, 4) is 0 Å². The zero-order valence-electron chi connectivity index (χ0n) is 9.40. The predicted octanol–water partition coefficient (Wildman–Crippen LogP) is 2.53. The third-order valence-corrected chi connectivity index (χ3v) is 2.31. The highest BCUT2D eigenvalue weighted by atomic mass is 35.5. The summed E-state index contributed by atoms with van der Waals surface area (Å²) in [7, 11) is 0. The molecule has 4 nitrogen and oxygen atoms in total. The summed E-state index contributed by atoms with van der Waals surface area (Å²) in [5.74, 6) is -1.34. The molecule has 1 N–H and O–H groups in total. The Morgan fingerprint density at radius 2 is 2.06 bits per heavy atom. The summed E-state index contributed by atoms with van der Waals surface area (Å²) in [5, 5.41) is 8.98. The normalized spacial score (nSPS) is 10.0. The molecule has 17 heavy (non-hydrogen) atoms. The van der Waals surface area contributed by atoms with Crippen molar-refractivity contribution in [2.45, 2.75) is 19.8 Å². The van der Waals surface area contributed by atoms with Gasteiger partial charge >= 0.3 is 11.9 Å². The van der Waals surface area contributed by atoms with E-state index < -0.39 is 11.9 Å². The molecule has 0 bridgehead atoms. The van der Waals surface area contributed by atoms with E-state index in [4.69, 9.17) is 21.4 Å². The van der Waals surface area contributed by atoms with E-state index in [1.165, 1.54) is 6.07 Å². The maximum Gasteiger partial charge on any atom is 0.338 e. The van der Waals surface area contributed by atoms with Gasteiger partial charge in [0.05, 0.1) is 12.2 Å². The zero-order valence-corrected chi connectivity index (χ0v) is 10.2. The molecule has 0 fully saturated rings. The number of ether oxygens (including phenoxy) is 1. The summed E-state index contributed by atoms with van der Waals surface area (Å²) in [6, 6.07) is 4.75. The lowest BCUT2D eigenvalue weighted by Crippen LogP contribution is -2.06. The quantitative estimate of drug-likeness (QED) is 0.823. The molecule has 0 aliphatic rings. The maximum atomic E-state index is 11.5. The van der Waals surface area contributed by atoms with Gasteiger partial charge in [0.15, 0.2) is 0 Å². The Labute approximate surface area is 104 Å². The standard InChI is InChI=1S/C12H13ClO4/c1-2-17-12(16)9-5-8(3-4-11(14)15)6-10(13)7-9/h5-7H,2-4H2,1H3,(H,14,15). The summed E-state index contributed by atoms with van der Waals surface area (Å²) in [5.41, 5.74) is 1.06. The summed E-state index contributed by atoms with van der Waals surface area (Å²) < 4.78 is 4.85. The molecule has 1 rings (SSSR count). The number of aryl methyl sites for hydroxylation is 1. The van der Waals surface area contributed by atoms with Gasteiger partial charge < -0.3 is 9.84 Å². The van der Waals surface area contributed by atoms with Crippen LogP contribution < -0.4 is 0 Å². The molecule has 0 saturated heterocycles. The molecule has 1 aromatic rings. The third kappa shape index (κ3) is 4.44. The fourth-order valence-electron chi connectivity index (χ4n) is 1.38. The Hall–Kier alpha value is -1.55. The molecular weight excluding hydrogens is 244 g/mol. The molecule has 1 aromatic carbocycles. The second kappa shape index (κ2) is 6.25. The van der Waals surface area contributed by atoms with Crippen molar-refractivity contribution >= 4 is 23.5 Å². The topological polar surface area (TPSA) is 63.6 Å². The van der Waals surface area contributed by atoms with E-state index in [0.717, 1.165) is 0 Å². The van der Waals surface area contributed by atoms with Crippen molar-refractivity contribution < 1.29 is 19.4 Å². The van der Waals surface area contributed by atoms with Crippen LogP contribution in [0.3, 0.4) is 0 Å². The number of carbonyl (C=O) groups is 2. The van der Waals surface area contributed by atoms with Crippen molar-refractivity contribution in [3.05, 3.63) is 34.3 Å². The largest absolute Gasteiger partial charge is 0.481 e. The number of rotatable bonds is 5. The van der Waals surface area contributed by atoms with Crippen LogP contribution in [0.5, 0.6) is 0 Å². The molecule has 0 atom stereocenters. The molecular formula is C12H13ClO4. The maximum absolute atomic E-state index is 11.5. The van der Waals surface area contributed by atoms with Crippen LogP contribution in [0.2, 0.25) is 5.02 Å². The van der Waals surface area contributed by atoms with Gasteiger partial charge in [0.1, 0.15) is 0 Å². The number of carboxylic acids is 1. The van der Waals surface area contributed by atoms with E-state index in [0.29, 0.717) is 22.6 Å². The van der Waals surface area contributed by atoms with E-state index in [2.05, 4.69) is 0 Å². The minimum atomic E-state index is -0.886. The number of carbonyl (C=O) groups excluding carboxylic acids is 1. The van der Waals surface area contributed by atoms with E-state index in [1.54, 1.807) is 19.1 Å². The smallest absolute Gasteiger partial charge is 0.338 e. The average Bonchev–Trinajstić information content (AvgIpc) is 2.26. The molecule has 5 heteroatoms. The van der Waals surface area contributed by atoms with Crippen LogP contribution in [0.25, 0.3) is 0 Å². The van der Waals surface area contributed by atoms with Crippen molar-refractivity contribution in [2.24, 2.45) is 0 Å². The SMILES string of the molecule is CCOC(=O)c1cc(Cl)cc(CCC(=O)O)c1. The summed E-state index contributed by atoms with van der Waals surface area (Å²) in [6.07, 6.45) is 0.338. The minimum absolute atomic E-state index is 0.00259. The molecule has 0 spiro atoms. The van der Waals surface area contributed by atoms with Gasteiger partial charge in [-0.25, -0.2) is 4.79 Å². The van der Waals surface area contributed by atoms with Gasteiger partial charge in [0, 0.05) is 11.4 Å². The number of esters is 1. The van der Waals surface area contributed by atoms with Crippen LogP contribution in [0.4, 0.5) is 0 Å². The monoisotopic (exact) mass is 256 g/mol. The molecule has 0 aliphatic carbocycles. The Balaban J connectivity index is 2.86. The van der Waals surface area contributed by atoms with E-state index in [1.807, 2.05) is 0 Å². The van der Waals surface area contributed by atoms with Gasteiger partial charge in [-0.15, -0.1) is 0 Å². The Morgan fingerprint density at radius 1 is 1.35 bits per heavy atom. The van der Waals surface area contributed by atoms with Gasteiger partial charge in [-0.3, -0.25) is 4.79 Å². The molecule has 0 saturated carbocycles. The third-order valence-electron chi connectivity index (χ3n) is 2.10. The molecule has 0 unspecified atom stereocenters. The number of halogens is 1. The van der Waals surface area contributed by atoms with Crippen molar-refractivity contribution in [1.29, 1.82) is 0 Å². The van der Waals surface area contributed by atoms with Gasteiger partial charge in [-0.2, -0.15) is 0 Å². The first-order valence-electron chi connectivity index (χ1n) is 5.21. The highest BCUT2D eigenvalue weighted by Gasteiger charge is 2.09. The second-order valence-corrected chi connectivity index (χ2v) is 3.90. The Kier molecular flexibility index (Phi) is 4.97. The number of benzene rings is 1. The molecule has 0 amide bonds. The summed E-state index contributed by atoms with van der Waals surface area (Å²) in [4.78, 5) is 21.9. The highest BCUT2D eigenvalue weighted by Crippen LogP contribution is 2.17. The van der Waals surface area contributed by atoms with Gasteiger partial charge in [-0.1, -0.05) is 11.6 Å². The highest BCUT2D eigenvalue weighted by molar-refractivity contribution is 6.31. The van der Waals surface area contributed by atoms with E-state index in [-0.39, 0.29) is 13.0 Å². The summed E-state index contributed by atoms with van der Waals surface area (Å²) >= 11 is 5.85. The predicted molar refractivity (Wildman–Crippen MR) is 63.4 cm³/mol. The van der Waals surface area contributed by atoms with Gasteiger partial charge in [0.2, 0.25) is 0 Å². The molecule has 0 aromatic heterocycles. The first-order chi connectivity index (χ1) is 8.02. The number of hydrogen-bond donors (Lipinski definition) is 1. The van der Waals surface area contributed by atoms with Crippen LogP contribution in [-0.2, 0) is 16.0 Å². The first kappa shape index (κ1) is 13.5. The summed E-state index contributed by atoms with van der Waals surface area (Å²) in [6.45, 7) is 2.00. The second-order valence-electron chi connectivity index (χ2n) is 3.46. The van der Waals surface area contributed by atoms with Crippen molar-refractivity contribution in [2.75, 3.05) is 6.61 Å². The first-order valence-corrected chi connectivity index (χ1v) is 5.59. The molecule has 0 heterocycles. The average molecular weight is 257 g/mol. The fraction of sp³-hybridized carbons (Fsp3) is 0.333. The van der Waals surface area contributed by atoms with Gasteiger partial charge in [-0.05, 0) is 37.1 Å². The number of carboxylic acid groups (broad SMARTS) is 1. The zero-order chi connectivity index (χ0) is 12.8. The number of aliphatic carboxylic acids is 1. The molecule has 0 radical (unpaired) electrons. The number of hydrogen-bond acceptors (Lipinski definition) is 3. The molecule has 92 valence electrons. The lowest BCUT2D eigenvalue weighted by atomic mass is 10.1. The van der Waals surface area contributed by atoms with Crippen LogP contribution in [0.15, 0.2) is 18.2 Å². The lowest BCUT2D eigenvalue weighted by molar-refractivity contribution is -0.136. The Bertz CT molecular complexity index is 429. The van der Waals surface area contributed by atoms with Crippen molar-refractivity contribution in [3.63, 3.8) is 0 Å². The van der Waals surface area contributed by atoms with E-state index in [9.17, 15) is 9.59 Å². The van der Waals surface area contributed by atoms with Crippen LogP contribution >= 0.6 is 11.6 Å². The lowest BCUT2D eigenvalue weighted by Gasteiger charge is -2.05. The van der Waals surface area contributed by atoms with Crippen LogP contribution in [0.1, 0.15) is 29.3 Å². The Morgan fingerprint density at radius 3 is 2.65 bits per heavy atom. The molecule has 0 aliphatic heterocycles. The van der Waals surface area contributed by atoms with Crippen LogP contribution in [0, 0.1) is 0 Å². The van der Waals surface area contributed by atoms with E-state index >= 15 is 0 Å². The van der Waals surface area contributed by atoms with Gasteiger partial charge in [0.25, 0.3) is 0 Å².